The average molecular weight is 414 g/mol. The summed E-state index contributed by atoms with van der Waals surface area (Å²) in [6.45, 7) is 9.17. The molecule has 0 saturated carbocycles. The van der Waals surface area contributed by atoms with Crippen LogP contribution in [0, 0.1) is 16.7 Å². The van der Waals surface area contributed by atoms with Crippen LogP contribution < -0.4 is 0 Å². The van der Waals surface area contributed by atoms with E-state index in [1.807, 2.05) is 11.8 Å². The molecule has 0 aromatic heterocycles. The molecule has 0 N–H and O–H groups in total. The van der Waals surface area contributed by atoms with Crippen LogP contribution in [-0.4, -0.2) is 93.7 Å². The van der Waals surface area contributed by atoms with Crippen molar-refractivity contribution in [2.24, 2.45) is 16.7 Å². The molecule has 4 aliphatic rings. The van der Waals surface area contributed by atoms with E-state index in [2.05, 4.69) is 4.90 Å². The summed E-state index contributed by atoms with van der Waals surface area (Å²) in [5, 5.41) is 0. The second-order valence-corrected chi connectivity index (χ2v) is 11.4. The number of sulfonamides is 1. The summed E-state index contributed by atoms with van der Waals surface area (Å²) in [4.78, 5) is 17.9. The number of carbonyl (C=O) groups is 1. The molecule has 0 radical (unpaired) electrons. The minimum Gasteiger partial charge on any atom is -0.381 e. The Morgan fingerprint density at radius 2 is 1.75 bits per heavy atom. The first-order chi connectivity index (χ1) is 13.3. The number of ether oxygens (including phenoxy) is 1. The van der Waals surface area contributed by atoms with E-state index in [4.69, 9.17) is 4.74 Å². The Balaban J connectivity index is 1.52. The molecule has 160 valence electrons. The van der Waals surface area contributed by atoms with Gasteiger partial charge in [0.1, 0.15) is 0 Å². The molecule has 4 fully saturated rings. The highest BCUT2D eigenvalue weighted by Gasteiger charge is 2.66. The van der Waals surface area contributed by atoms with Gasteiger partial charge < -0.3 is 14.5 Å². The molecule has 0 aliphatic carbocycles. The molecule has 28 heavy (non-hydrogen) atoms. The molecule has 1 atom stereocenters. The smallest absolute Gasteiger partial charge is 0.230 e. The lowest BCUT2D eigenvalue weighted by atomic mass is 9.60. The summed E-state index contributed by atoms with van der Waals surface area (Å²) < 4.78 is 31.8. The molecule has 0 aromatic carbocycles. The summed E-state index contributed by atoms with van der Waals surface area (Å²) >= 11 is 0. The Hall–Kier alpha value is -0.700. The Morgan fingerprint density at radius 1 is 1.07 bits per heavy atom. The fourth-order valence-corrected chi connectivity index (χ4v) is 7.06. The molecule has 7 nitrogen and oxygen atoms in total. The summed E-state index contributed by atoms with van der Waals surface area (Å²) in [6.07, 6.45) is 6.20. The van der Waals surface area contributed by atoms with E-state index in [1.165, 1.54) is 6.26 Å². The molecule has 1 amide bonds. The number of carbonyl (C=O) groups excluding carboxylic acids is 1. The van der Waals surface area contributed by atoms with Gasteiger partial charge in [-0.2, -0.15) is 0 Å². The Morgan fingerprint density at radius 3 is 2.32 bits per heavy atom. The lowest BCUT2D eigenvalue weighted by Crippen LogP contribution is -2.53. The van der Waals surface area contributed by atoms with Gasteiger partial charge in [-0.05, 0) is 58.0 Å². The van der Waals surface area contributed by atoms with Gasteiger partial charge >= 0.3 is 0 Å². The predicted octanol–water partition coefficient (Wildman–Crippen LogP) is 1.01. The fraction of sp³-hybridized carbons (Fsp3) is 0.950. The quantitative estimate of drug-likeness (QED) is 0.688. The van der Waals surface area contributed by atoms with Crippen molar-refractivity contribution in [1.82, 2.24) is 14.1 Å². The Labute approximate surface area is 169 Å². The van der Waals surface area contributed by atoms with Crippen LogP contribution in [0.4, 0.5) is 0 Å². The molecule has 2 spiro atoms. The monoisotopic (exact) mass is 413 g/mol. The molecular weight excluding hydrogens is 378 g/mol. The number of likely N-dealkylation sites (tertiary alicyclic amines) is 2. The van der Waals surface area contributed by atoms with Crippen LogP contribution in [0.3, 0.4) is 0 Å². The Kier molecular flexibility index (Phi) is 5.53. The van der Waals surface area contributed by atoms with Gasteiger partial charge in [0.05, 0.1) is 11.7 Å². The first-order valence-corrected chi connectivity index (χ1v) is 12.7. The maximum atomic E-state index is 13.4. The molecule has 4 rings (SSSR count). The lowest BCUT2D eigenvalue weighted by Gasteiger charge is -2.47. The van der Waals surface area contributed by atoms with Crippen molar-refractivity contribution in [3.05, 3.63) is 0 Å². The number of hydrogen-bond acceptors (Lipinski definition) is 5. The van der Waals surface area contributed by atoms with Crippen LogP contribution in [0.25, 0.3) is 0 Å². The van der Waals surface area contributed by atoms with Gasteiger partial charge in [-0.1, -0.05) is 0 Å². The van der Waals surface area contributed by atoms with E-state index in [0.717, 1.165) is 71.5 Å². The minimum atomic E-state index is -3.29. The zero-order valence-corrected chi connectivity index (χ0v) is 18.2. The number of amides is 1. The van der Waals surface area contributed by atoms with Crippen LogP contribution >= 0.6 is 0 Å². The van der Waals surface area contributed by atoms with Gasteiger partial charge in [0, 0.05) is 51.4 Å². The molecule has 0 aromatic rings. The third-order valence-corrected chi connectivity index (χ3v) is 9.16. The third-order valence-electron chi connectivity index (χ3n) is 7.97. The summed E-state index contributed by atoms with van der Waals surface area (Å²) in [5.74, 6) is 0.899. The van der Waals surface area contributed by atoms with E-state index >= 15 is 0 Å². The van der Waals surface area contributed by atoms with Gasteiger partial charge in [0.2, 0.25) is 15.9 Å². The topological polar surface area (TPSA) is 70.2 Å². The maximum Gasteiger partial charge on any atom is 0.230 e. The van der Waals surface area contributed by atoms with Crippen molar-refractivity contribution in [3.63, 3.8) is 0 Å². The van der Waals surface area contributed by atoms with Crippen molar-refractivity contribution < 1.29 is 17.9 Å². The van der Waals surface area contributed by atoms with Crippen LogP contribution in [0.15, 0.2) is 0 Å². The van der Waals surface area contributed by atoms with Crippen molar-refractivity contribution in [2.75, 3.05) is 65.3 Å². The van der Waals surface area contributed by atoms with Crippen LogP contribution in [0.1, 0.15) is 39.0 Å². The molecule has 0 unspecified atom stereocenters. The Bertz CT molecular complexity index is 698. The van der Waals surface area contributed by atoms with Crippen LogP contribution in [-0.2, 0) is 19.6 Å². The number of nitrogens with zero attached hydrogens (tertiary/aromatic N) is 3. The summed E-state index contributed by atoms with van der Waals surface area (Å²) in [6, 6.07) is 0. The number of hydrogen-bond donors (Lipinski definition) is 0. The van der Waals surface area contributed by atoms with Gasteiger partial charge in [0.25, 0.3) is 0 Å². The van der Waals surface area contributed by atoms with Crippen LogP contribution in [0.5, 0.6) is 0 Å². The minimum absolute atomic E-state index is 0.194. The van der Waals surface area contributed by atoms with E-state index < -0.39 is 15.4 Å². The first kappa shape index (κ1) is 20.6. The van der Waals surface area contributed by atoms with Crippen molar-refractivity contribution in [1.29, 1.82) is 0 Å². The highest BCUT2D eigenvalue weighted by molar-refractivity contribution is 7.88. The molecular formula is C20H35N3O4S. The number of rotatable bonds is 4. The molecule has 8 heteroatoms. The lowest BCUT2D eigenvalue weighted by molar-refractivity contribution is -0.142. The van der Waals surface area contributed by atoms with Gasteiger partial charge in [0.15, 0.2) is 0 Å². The SMILES string of the molecule is CCN1CC[C@]2(CN(S(C)(=O)=O)CC23CCN(CC2CCOCC2)CC3)C1=O. The normalized spacial score (nSPS) is 32.8. The zero-order valence-electron chi connectivity index (χ0n) is 17.4. The highest BCUT2D eigenvalue weighted by atomic mass is 32.2. The molecule has 0 bridgehead atoms. The zero-order chi connectivity index (χ0) is 20.0. The van der Waals surface area contributed by atoms with E-state index in [9.17, 15) is 13.2 Å². The maximum absolute atomic E-state index is 13.4. The second-order valence-electron chi connectivity index (χ2n) is 9.38. The highest BCUT2D eigenvalue weighted by Crippen LogP contribution is 2.58. The van der Waals surface area contributed by atoms with E-state index in [0.29, 0.717) is 25.6 Å². The van der Waals surface area contributed by atoms with Gasteiger partial charge in [-0.25, -0.2) is 12.7 Å². The standard InChI is InChI=1S/C20H35N3O4S/c1-3-22-11-8-20(18(22)24)16-23(28(2,25)26)15-19(20)6-9-21(10-7-19)14-17-4-12-27-13-5-17/h17H,3-16H2,1-2H3/t20-/m0/s1. The van der Waals surface area contributed by atoms with Crippen molar-refractivity contribution in [2.45, 2.75) is 39.0 Å². The van der Waals surface area contributed by atoms with Crippen molar-refractivity contribution in [3.8, 4) is 0 Å². The average Bonchev–Trinajstić information content (AvgIpc) is 3.17. The predicted molar refractivity (Wildman–Crippen MR) is 107 cm³/mol. The summed E-state index contributed by atoms with van der Waals surface area (Å²) in [7, 11) is -3.29. The second kappa shape index (κ2) is 7.52. The molecule has 4 saturated heterocycles. The summed E-state index contributed by atoms with van der Waals surface area (Å²) in [5.41, 5.74) is -0.722. The van der Waals surface area contributed by atoms with Gasteiger partial charge in [-0.3, -0.25) is 4.79 Å². The number of piperidine rings is 1. The molecule has 4 heterocycles. The largest absolute Gasteiger partial charge is 0.381 e. The van der Waals surface area contributed by atoms with E-state index in [1.54, 1.807) is 4.31 Å². The fourth-order valence-electron chi connectivity index (χ4n) is 6.12. The van der Waals surface area contributed by atoms with Gasteiger partial charge in [-0.15, -0.1) is 0 Å². The van der Waals surface area contributed by atoms with E-state index in [-0.39, 0.29) is 11.3 Å². The third kappa shape index (κ3) is 3.40. The van der Waals surface area contributed by atoms with Crippen LogP contribution in [0.2, 0.25) is 0 Å². The van der Waals surface area contributed by atoms with Crippen molar-refractivity contribution >= 4 is 15.9 Å². The molecule has 4 aliphatic heterocycles. The number of fused-ring (bicyclic) bond motifs is 1. The first-order valence-electron chi connectivity index (χ1n) is 10.8.